The Morgan fingerprint density at radius 3 is 2.61 bits per heavy atom. The van der Waals surface area contributed by atoms with E-state index in [9.17, 15) is 14.4 Å². The van der Waals surface area contributed by atoms with Crippen molar-refractivity contribution in [2.45, 2.75) is 32.2 Å². The molecule has 8 nitrogen and oxygen atoms in total. The van der Waals surface area contributed by atoms with Gasteiger partial charge in [0.1, 0.15) is 5.58 Å². The zero-order valence-corrected chi connectivity index (χ0v) is 18.9. The summed E-state index contributed by atoms with van der Waals surface area (Å²) in [5.74, 6) is 1.24. The number of pyridine rings is 1. The van der Waals surface area contributed by atoms with Crippen LogP contribution in [0, 0.1) is 12.8 Å². The van der Waals surface area contributed by atoms with E-state index < -0.39 is 5.63 Å². The van der Waals surface area contributed by atoms with Crippen LogP contribution in [0.1, 0.15) is 29.2 Å². The fraction of sp³-hybridized carbons (Fsp3) is 0.400. The molecule has 0 N–H and O–H groups in total. The number of nitrogens with zero attached hydrogens (tertiary/aromatic N) is 2. The van der Waals surface area contributed by atoms with Crippen LogP contribution in [0.15, 0.2) is 44.3 Å². The molecule has 0 unspecified atom stereocenters. The molecule has 2 aliphatic heterocycles. The second kappa shape index (κ2) is 8.10. The first-order valence-electron chi connectivity index (χ1n) is 11.1. The van der Waals surface area contributed by atoms with Crippen molar-refractivity contribution in [2.75, 3.05) is 27.3 Å². The van der Waals surface area contributed by atoms with E-state index in [1.165, 1.54) is 7.11 Å². The highest BCUT2D eigenvalue weighted by Crippen LogP contribution is 2.36. The summed E-state index contributed by atoms with van der Waals surface area (Å²) in [6.45, 7) is 3.57. The topological polar surface area (TPSA) is 91.0 Å². The molecule has 8 heteroatoms. The molecule has 1 saturated heterocycles. The number of likely N-dealkylation sites (tertiary alicyclic amines) is 1. The van der Waals surface area contributed by atoms with E-state index in [0.29, 0.717) is 53.2 Å². The summed E-state index contributed by atoms with van der Waals surface area (Å²) in [4.78, 5) is 40.1. The summed E-state index contributed by atoms with van der Waals surface area (Å²) in [5, 5.41) is 0.707. The number of rotatable bonds is 4. The van der Waals surface area contributed by atoms with Gasteiger partial charge in [-0.3, -0.25) is 9.59 Å². The molecule has 1 aromatic carbocycles. The molecular weight excluding hydrogens is 424 g/mol. The molecule has 172 valence electrons. The van der Waals surface area contributed by atoms with Crippen LogP contribution in [0.2, 0.25) is 0 Å². The van der Waals surface area contributed by atoms with Gasteiger partial charge in [0, 0.05) is 48.8 Å². The predicted octanol–water partition coefficient (Wildman–Crippen LogP) is 2.47. The lowest BCUT2D eigenvalue weighted by Gasteiger charge is -2.42. The summed E-state index contributed by atoms with van der Waals surface area (Å²) in [7, 11) is 3.06. The van der Waals surface area contributed by atoms with E-state index in [4.69, 9.17) is 13.9 Å². The Bertz CT molecular complexity index is 1370. The lowest BCUT2D eigenvalue weighted by Crippen LogP contribution is -2.49. The van der Waals surface area contributed by atoms with Gasteiger partial charge in [-0.2, -0.15) is 0 Å². The Labute approximate surface area is 190 Å². The van der Waals surface area contributed by atoms with Crippen LogP contribution in [-0.2, 0) is 17.8 Å². The molecule has 0 aliphatic carbocycles. The molecule has 1 amide bonds. The fourth-order valence-electron chi connectivity index (χ4n) is 5.28. The van der Waals surface area contributed by atoms with Crippen molar-refractivity contribution in [1.29, 1.82) is 0 Å². The third kappa shape index (κ3) is 3.59. The number of benzene rings is 1. The van der Waals surface area contributed by atoms with Gasteiger partial charge in [-0.25, -0.2) is 4.79 Å². The highest BCUT2D eigenvalue weighted by molar-refractivity contribution is 5.87. The van der Waals surface area contributed by atoms with Gasteiger partial charge in [0.25, 0.3) is 5.56 Å². The number of aryl methyl sites for hydroxylation is 1. The van der Waals surface area contributed by atoms with E-state index >= 15 is 0 Å². The van der Waals surface area contributed by atoms with Crippen molar-refractivity contribution in [3.05, 3.63) is 67.9 Å². The van der Waals surface area contributed by atoms with Gasteiger partial charge in [-0.15, -0.1) is 0 Å². The van der Waals surface area contributed by atoms with Crippen LogP contribution in [0.3, 0.4) is 0 Å². The first kappa shape index (κ1) is 21.3. The third-order valence-electron chi connectivity index (χ3n) is 6.95. The van der Waals surface area contributed by atoms with E-state index in [1.807, 2.05) is 22.5 Å². The Morgan fingerprint density at radius 1 is 1.09 bits per heavy atom. The van der Waals surface area contributed by atoms with Crippen LogP contribution in [0.4, 0.5) is 0 Å². The second-order valence-corrected chi connectivity index (χ2v) is 8.87. The number of carbonyl (C=O) groups excluding carboxylic acids is 1. The van der Waals surface area contributed by atoms with Crippen molar-refractivity contribution in [1.82, 2.24) is 9.47 Å². The number of ether oxygens (including phenoxy) is 2. The molecule has 33 heavy (non-hydrogen) atoms. The summed E-state index contributed by atoms with van der Waals surface area (Å²) in [6.07, 6.45) is 0.936. The normalized spacial score (nSPS) is 19.3. The minimum Gasteiger partial charge on any atom is -0.493 e. The zero-order valence-electron chi connectivity index (χ0n) is 18.9. The summed E-state index contributed by atoms with van der Waals surface area (Å²) < 4.78 is 18.1. The minimum absolute atomic E-state index is 0.0124. The van der Waals surface area contributed by atoms with Gasteiger partial charge < -0.3 is 23.4 Å². The van der Waals surface area contributed by atoms with Crippen LogP contribution in [0.25, 0.3) is 11.0 Å². The van der Waals surface area contributed by atoms with E-state index in [0.717, 1.165) is 12.1 Å². The summed E-state index contributed by atoms with van der Waals surface area (Å²) >= 11 is 0. The van der Waals surface area contributed by atoms with Crippen LogP contribution in [0.5, 0.6) is 11.5 Å². The Balaban J connectivity index is 1.44. The van der Waals surface area contributed by atoms with Crippen LogP contribution < -0.4 is 20.7 Å². The number of fused-ring (bicyclic) bond motifs is 5. The minimum atomic E-state index is -0.519. The molecule has 5 rings (SSSR count). The van der Waals surface area contributed by atoms with Gasteiger partial charge in [0.2, 0.25) is 5.91 Å². The molecule has 1 fully saturated rings. The quantitative estimate of drug-likeness (QED) is 0.567. The Hall–Kier alpha value is -3.55. The number of methoxy groups -OCH3 is 2. The Morgan fingerprint density at radius 2 is 1.85 bits per heavy atom. The molecule has 4 heterocycles. The molecule has 0 spiro atoms. The summed E-state index contributed by atoms with van der Waals surface area (Å²) in [6, 6.07) is 8.72. The first-order chi connectivity index (χ1) is 15.9. The maximum atomic E-state index is 13.3. The molecular formula is C25H26N2O6. The maximum Gasteiger partial charge on any atom is 0.340 e. The number of piperidine rings is 1. The highest BCUT2D eigenvalue weighted by atomic mass is 16.5. The monoisotopic (exact) mass is 450 g/mol. The molecule has 0 saturated carbocycles. The third-order valence-corrected chi connectivity index (χ3v) is 6.95. The van der Waals surface area contributed by atoms with E-state index in [1.54, 1.807) is 31.4 Å². The van der Waals surface area contributed by atoms with Gasteiger partial charge in [-0.05, 0) is 37.0 Å². The highest BCUT2D eigenvalue weighted by Gasteiger charge is 2.36. The lowest BCUT2D eigenvalue weighted by atomic mass is 9.83. The summed E-state index contributed by atoms with van der Waals surface area (Å²) in [5.41, 5.74) is 1.92. The zero-order chi connectivity index (χ0) is 23.3. The van der Waals surface area contributed by atoms with Crippen molar-refractivity contribution >= 4 is 16.9 Å². The number of amides is 1. The average molecular weight is 450 g/mol. The standard InChI is InChI=1S/C25H26N2O6/c1-14-17-8-21(31-2)22(32-3)10-20(17)33-25(30)18(14)9-24(29)26-11-15-7-16(13-26)19-5-4-6-23(28)27(19)12-15/h4-6,8,10,15-16H,7,9,11-13H2,1-3H3/t15-,16+/m0/s1. The van der Waals surface area contributed by atoms with E-state index in [2.05, 4.69) is 0 Å². The van der Waals surface area contributed by atoms with Crippen LogP contribution >= 0.6 is 0 Å². The molecule has 2 atom stereocenters. The van der Waals surface area contributed by atoms with Crippen molar-refractivity contribution in [3.8, 4) is 11.5 Å². The van der Waals surface area contributed by atoms with Crippen molar-refractivity contribution < 1.29 is 18.7 Å². The molecule has 0 radical (unpaired) electrons. The molecule has 2 bridgehead atoms. The first-order valence-corrected chi connectivity index (χ1v) is 11.1. The van der Waals surface area contributed by atoms with Gasteiger partial charge in [-0.1, -0.05) is 6.07 Å². The molecule has 2 aliphatic rings. The largest absolute Gasteiger partial charge is 0.493 e. The predicted molar refractivity (Wildman–Crippen MR) is 122 cm³/mol. The maximum absolute atomic E-state index is 13.3. The van der Waals surface area contributed by atoms with Crippen molar-refractivity contribution in [2.24, 2.45) is 5.92 Å². The molecule has 3 aromatic rings. The number of carbonyl (C=O) groups is 1. The lowest BCUT2D eigenvalue weighted by molar-refractivity contribution is -0.133. The van der Waals surface area contributed by atoms with Crippen molar-refractivity contribution in [3.63, 3.8) is 0 Å². The molecule has 2 aromatic heterocycles. The average Bonchev–Trinajstić information content (AvgIpc) is 2.81. The van der Waals surface area contributed by atoms with Crippen LogP contribution in [-0.4, -0.2) is 42.7 Å². The number of hydrogen-bond donors (Lipinski definition) is 0. The van der Waals surface area contributed by atoms with Gasteiger partial charge in [0.15, 0.2) is 11.5 Å². The second-order valence-electron chi connectivity index (χ2n) is 8.87. The van der Waals surface area contributed by atoms with E-state index in [-0.39, 0.29) is 29.7 Å². The number of aromatic nitrogens is 1. The number of hydrogen-bond acceptors (Lipinski definition) is 6. The SMILES string of the molecule is COc1cc2oc(=O)c(CC(=O)N3C[C@@H]4C[C@H](C3)c3cccc(=O)n3C4)c(C)c2cc1OC. The smallest absolute Gasteiger partial charge is 0.340 e. The fourth-order valence-corrected chi connectivity index (χ4v) is 5.28. The van der Waals surface area contributed by atoms with Gasteiger partial charge in [0.05, 0.1) is 26.2 Å². The van der Waals surface area contributed by atoms with Gasteiger partial charge >= 0.3 is 5.63 Å². The Kier molecular flexibility index (Phi) is 5.23.